The van der Waals surface area contributed by atoms with Crippen LogP contribution in [0.4, 0.5) is 0 Å². The molecule has 2 unspecified atom stereocenters. The van der Waals surface area contributed by atoms with E-state index in [1.54, 1.807) is 18.2 Å². The van der Waals surface area contributed by atoms with Gasteiger partial charge in [0, 0.05) is 18.6 Å². The van der Waals surface area contributed by atoms with Crippen molar-refractivity contribution in [3.63, 3.8) is 0 Å². The van der Waals surface area contributed by atoms with Gasteiger partial charge in [0.05, 0.1) is 12.2 Å². The van der Waals surface area contributed by atoms with Gasteiger partial charge in [-0.25, -0.2) is 4.79 Å². The maximum absolute atomic E-state index is 11.2. The fraction of sp³-hybridized carbons (Fsp3) is 0.533. The van der Waals surface area contributed by atoms with Crippen LogP contribution in [0.3, 0.4) is 0 Å². The summed E-state index contributed by atoms with van der Waals surface area (Å²) in [5.74, 6) is 1.68. The second kappa shape index (κ2) is 5.66. The third-order valence-corrected chi connectivity index (χ3v) is 5.15. The quantitative estimate of drug-likeness (QED) is 0.929. The van der Waals surface area contributed by atoms with Crippen LogP contribution < -0.4 is 4.74 Å². The van der Waals surface area contributed by atoms with Gasteiger partial charge < -0.3 is 14.6 Å². The molecule has 1 N–H and O–H groups in total. The molecule has 0 bridgehead atoms. The molecule has 0 radical (unpaired) electrons. The van der Waals surface area contributed by atoms with Gasteiger partial charge in [-0.1, -0.05) is 12.1 Å². The highest BCUT2D eigenvalue weighted by Gasteiger charge is 2.41. The summed E-state index contributed by atoms with van der Waals surface area (Å²) < 4.78 is 11.9. The second-order valence-corrected chi connectivity index (χ2v) is 6.47. The maximum Gasteiger partial charge on any atom is 0.339 e. The number of aromatic carboxylic acids is 1. The van der Waals surface area contributed by atoms with E-state index in [1.165, 1.54) is 0 Å². The van der Waals surface area contributed by atoms with Crippen molar-refractivity contribution in [3.05, 3.63) is 29.8 Å². The SMILES string of the molecule is O=C(O)c1ccccc1OC1CCOC2(CCSC2)C1. The van der Waals surface area contributed by atoms with Crippen molar-refractivity contribution in [1.29, 1.82) is 0 Å². The van der Waals surface area contributed by atoms with E-state index < -0.39 is 5.97 Å². The number of thioether (sulfide) groups is 1. The first-order valence-electron chi connectivity index (χ1n) is 6.89. The lowest BCUT2D eigenvalue weighted by Crippen LogP contribution is -2.44. The molecule has 108 valence electrons. The Kier molecular flexibility index (Phi) is 3.89. The van der Waals surface area contributed by atoms with Crippen LogP contribution in [-0.2, 0) is 4.74 Å². The van der Waals surface area contributed by atoms with Gasteiger partial charge in [-0.2, -0.15) is 11.8 Å². The molecule has 2 aliphatic heterocycles. The first kappa shape index (κ1) is 13.8. The largest absolute Gasteiger partial charge is 0.489 e. The zero-order valence-corrected chi connectivity index (χ0v) is 12.0. The van der Waals surface area contributed by atoms with Gasteiger partial charge in [0.25, 0.3) is 0 Å². The average molecular weight is 294 g/mol. The monoisotopic (exact) mass is 294 g/mol. The third kappa shape index (κ3) is 2.79. The Hall–Kier alpha value is -1.20. The smallest absolute Gasteiger partial charge is 0.339 e. The summed E-state index contributed by atoms with van der Waals surface area (Å²) in [4.78, 5) is 11.2. The van der Waals surface area contributed by atoms with Crippen molar-refractivity contribution in [2.24, 2.45) is 0 Å². The first-order valence-corrected chi connectivity index (χ1v) is 8.05. The lowest BCUT2D eigenvalue weighted by molar-refractivity contribution is -0.0959. The predicted molar refractivity (Wildman–Crippen MR) is 77.7 cm³/mol. The Labute approximate surface area is 122 Å². The summed E-state index contributed by atoms with van der Waals surface area (Å²) in [7, 11) is 0. The number of hydrogen-bond acceptors (Lipinski definition) is 4. The lowest BCUT2D eigenvalue weighted by atomic mass is 9.91. The number of carbonyl (C=O) groups is 1. The molecule has 0 aromatic heterocycles. The van der Waals surface area contributed by atoms with Gasteiger partial charge in [0.2, 0.25) is 0 Å². The van der Waals surface area contributed by atoms with Crippen LogP contribution in [0.5, 0.6) is 5.75 Å². The summed E-state index contributed by atoms with van der Waals surface area (Å²) in [5.41, 5.74) is 0.181. The minimum atomic E-state index is -0.946. The molecule has 1 aromatic carbocycles. The minimum Gasteiger partial charge on any atom is -0.489 e. The van der Waals surface area contributed by atoms with Crippen LogP contribution in [0.15, 0.2) is 24.3 Å². The van der Waals surface area contributed by atoms with Gasteiger partial charge in [-0.15, -0.1) is 0 Å². The molecule has 0 aliphatic carbocycles. The highest BCUT2D eigenvalue weighted by atomic mass is 32.2. The molecule has 2 atom stereocenters. The highest BCUT2D eigenvalue weighted by Crippen LogP contribution is 2.39. The molecular formula is C15H18O4S. The van der Waals surface area contributed by atoms with Crippen LogP contribution in [0.25, 0.3) is 0 Å². The zero-order valence-electron chi connectivity index (χ0n) is 11.2. The van der Waals surface area contributed by atoms with E-state index in [2.05, 4.69) is 0 Å². The van der Waals surface area contributed by atoms with E-state index in [4.69, 9.17) is 9.47 Å². The van der Waals surface area contributed by atoms with Crippen molar-refractivity contribution in [3.8, 4) is 5.75 Å². The molecule has 2 fully saturated rings. The Balaban J connectivity index is 1.73. The van der Waals surface area contributed by atoms with Gasteiger partial charge in [-0.05, 0) is 24.3 Å². The predicted octanol–water partition coefficient (Wildman–Crippen LogP) is 2.82. The zero-order chi connectivity index (χ0) is 14.0. The molecule has 0 saturated carbocycles. The minimum absolute atomic E-state index is 0.0444. The highest BCUT2D eigenvalue weighted by molar-refractivity contribution is 7.99. The number of ether oxygens (including phenoxy) is 2. The number of rotatable bonds is 3. The summed E-state index contributed by atoms with van der Waals surface area (Å²) >= 11 is 1.92. The summed E-state index contributed by atoms with van der Waals surface area (Å²) in [5, 5.41) is 9.19. The fourth-order valence-corrected chi connectivity index (χ4v) is 4.25. The second-order valence-electron chi connectivity index (χ2n) is 5.37. The van der Waals surface area contributed by atoms with Crippen molar-refractivity contribution in [2.45, 2.75) is 31.0 Å². The average Bonchev–Trinajstić information content (AvgIpc) is 2.87. The maximum atomic E-state index is 11.2. The van der Waals surface area contributed by atoms with Crippen LogP contribution >= 0.6 is 11.8 Å². The van der Waals surface area contributed by atoms with E-state index in [0.717, 1.165) is 30.8 Å². The molecule has 2 aliphatic rings. The number of benzene rings is 1. The van der Waals surface area contributed by atoms with Gasteiger partial charge in [-0.3, -0.25) is 0 Å². The third-order valence-electron chi connectivity index (χ3n) is 3.93. The molecule has 1 spiro atoms. The molecular weight excluding hydrogens is 276 g/mol. The van der Waals surface area contributed by atoms with E-state index in [1.807, 2.05) is 17.8 Å². The topological polar surface area (TPSA) is 55.8 Å². The standard InChI is InChI=1S/C15H18O4S/c16-14(17)12-3-1-2-4-13(12)19-11-5-7-18-15(9-11)6-8-20-10-15/h1-4,11H,5-10H2,(H,16,17). The number of hydrogen-bond donors (Lipinski definition) is 1. The Bertz CT molecular complexity index is 496. The normalized spacial score (nSPS) is 29.5. The molecule has 2 heterocycles. The van der Waals surface area contributed by atoms with Crippen LogP contribution in [0.2, 0.25) is 0 Å². The summed E-state index contributed by atoms with van der Waals surface area (Å²) in [6.07, 6.45) is 2.79. The molecule has 4 nitrogen and oxygen atoms in total. The molecule has 1 aromatic rings. The van der Waals surface area contributed by atoms with Gasteiger partial charge in [0.1, 0.15) is 17.4 Å². The van der Waals surface area contributed by atoms with E-state index in [0.29, 0.717) is 12.4 Å². The Morgan fingerprint density at radius 1 is 1.45 bits per heavy atom. The molecule has 0 amide bonds. The molecule has 20 heavy (non-hydrogen) atoms. The molecule has 2 saturated heterocycles. The van der Waals surface area contributed by atoms with Gasteiger partial charge in [0.15, 0.2) is 0 Å². The van der Waals surface area contributed by atoms with E-state index >= 15 is 0 Å². The number of carboxylic acid groups (broad SMARTS) is 1. The number of para-hydroxylation sites is 1. The molecule has 3 rings (SSSR count). The van der Waals surface area contributed by atoms with Crippen LogP contribution in [-0.4, -0.2) is 40.9 Å². The van der Waals surface area contributed by atoms with Crippen LogP contribution in [0, 0.1) is 0 Å². The summed E-state index contributed by atoms with van der Waals surface area (Å²) in [6, 6.07) is 6.84. The first-order chi connectivity index (χ1) is 9.69. The fourth-order valence-electron chi connectivity index (χ4n) is 2.87. The van der Waals surface area contributed by atoms with E-state index in [9.17, 15) is 9.90 Å². The Morgan fingerprint density at radius 2 is 2.30 bits per heavy atom. The van der Waals surface area contributed by atoms with Crippen molar-refractivity contribution in [2.75, 3.05) is 18.1 Å². The number of carboxylic acids is 1. The van der Waals surface area contributed by atoms with Crippen molar-refractivity contribution in [1.82, 2.24) is 0 Å². The lowest BCUT2D eigenvalue weighted by Gasteiger charge is -2.37. The van der Waals surface area contributed by atoms with Crippen molar-refractivity contribution < 1.29 is 19.4 Å². The Morgan fingerprint density at radius 3 is 3.05 bits per heavy atom. The van der Waals surface area contributed by atoms with E-state index in [-0.39, 0.29) is 17.3 Å². The van der Waals surface area contributed by atoms with Gasteiger partial charge >= 0.3 is 5.97 Å². The summed E-state index contributed by atoms with van der Waals surface area (Å²) in [6.45, 7) is 0.695. The van der Waals surface area contributed by atoms with Crippen molar-refractivity contribution >= 4 is 17.7 Å². The van der Waals surface area contributed by atoms with Crippen LogP contribution in [0.1, 0.15) is 29.6 Å². The molecule has 5 heteroatoms.